The van der Waals surface area contributed by atoms with Crippen LogP contribution in [-0.4, -0.2) is 24.9 Å². The lowest BCUT2D eigenvalue weighted by molar-refractivity contribution is -0.134. The lowest BCUT2D eigenvalue weighted by Gasteiger charge is -2.10. The number of benzene rings is 2. The van der Waals surface area contributed by atoms with E-state index in [2.05, 4.69) is 60.1 Å². The molecule has 0 atom stereocenters. The van der Waals surface area contributed by atoms with Crippen molar-refractivity contribution in [3.05, 3.63) is 71.7 Å². The molecule has 0 amide bonds. The minimum Gasteiger partial charge on any atom is -0.424 e. The first-order chi connectivity index (χ1) is 18.1. The first-order valence-corrected chi connectivity index (χ1v) is 13.6. The van der Waals surface area contributed by atoms with Crippen LogP contribution in [-0.2, 0) is 17.8 Å². The number of carbonyl (C=O) groups excluding carboxylic acids is 1. The van der Waals surface area contributed by atoms with Crippen molar-refractivity contribution < 1.29 is 9.53 Å². The van der Waals surface area contributed by atoms with Gasteiger partial charge in [-0.1, -0.05) is 81.5 Å². The predicted octanol–water partition coefficient (Wildman–Crippen LogP) is 7.41. The number of unbranched alkanes of at least 4 members (excludes halogenated alkanes) is 4. The van der Waals surface area contributed by atoms with Crippen LogP contribution in [0.3, 0.4) is 0 Å². The van der Waals surface area contributed by atoms with Gasteiger partial charge in [-0.25, -0.2) is 9.97 Å². The Morgan fingerprint density at radius 2 is 1.65 bits per heavy atom. The summed E-state index contributed by atoms with van der Waals surface area (Å²) < 4.78 is 10.3. The molecule has 0 aliphatic rings. The van der Waals surface area contributed by atoms with Gasteiger partial charge in [0.05, 0.1) is 11.0 Å². The number of nitrogens with zero attached hydrogens (tertiary/aromatic N) is 4. The summed E-state index contributed by atoms with van der Waals surface area (Å²) in [6.07, 6.45) is 9.49. The Labute approximate surface area is 218 Å². The lowest BCUT2D eigenvalue weighted by Crippen LogP contribution is -2.08. The molecule has 3 heterocycles. The monoisotopic (exact) mass is 496 g/mol. The second kappa shape index (κ2) is 11.2. The van der Waals surface area contributed by atoms with Crippen LogP contribution in [0.5, 0.6) is 5.75 Å². The minimum absolute atomic E-state index is 0.205. The van der Waals surface area contributed by atoms with E-state index in [-0.39, 0.29) is 5.97 Å². The number of para-hydroxylation sites is 2. The van der Waals surface area contributed by atoms with Crippen LogP contribution < -0.4 is 4.74 Å². The molecule has 3 aromatic heterocycles. The molecule has 37 heavy (non-hydrogen) atoms. The van der Waals surface area contributed by atoms with Crippen LogP contribution in [0.2, 0.25) is 0 Å². The number of ether oxygens (including phenoxy) is 1. The molecule has 0 unspecified atom stereocenters. The SMILES string of the molecule is CCCCCC(=O)Oc1cn(Cc2ccc(C)cc2)c2nc(CCCCC)n3c4ccccc4nc3c12. The first kappa shape index (κ1) is 25.0. The van der Waals surface area contributed by atoms with E-state index in [1.165, 1.54) is 11.1 Å². The molecule has 2 aromatic carbocycles. The van der Waals surface area contributed by atoms with Gasteiger partial charge in [0, 0.05) is 25.6 Å². The van der Waals surface area contributed by atoms with Gasteiger partial charge < -0.3 is 9.30 Å². The third kappa shape index (κ3) is 5.24. The molecule has 0 fully saturated rings. The van der Waals surface area contributed by atoms with Crippen LogP contribution >= 0.6 is 0 Å². The molecule has 6 nitrogen and oxygen atoms in total. The van der Waals surface area contributed by atoms with E-state index in [1.54, 1.807) is 0 Å². The van der Waals surface area contributed by atoms with Crippen molar-refractivity contribution in [1.29, 1.82) is 0 Å². The highest BCUT2D eigenvalue weighted by Gasteiger charge is 2.22. The number of esters is 1. The van der Waals surface area contributed by atoms with Gasteiger partial charge >= 0.3 is 5.97 Å². The zero-order chi connectivity index (χ0) is 25.8. The smallest absolute Gasteiger partial charge is 0.311 e. The van der Waals surface area contributed by atoms with Gasteiger partial charge in [-0.15, -0.1) is 0 Å². The fraction of sp³-hybridized carbons (Fsp3) is 0.387. The maximum Gasteiger partial charge on any atom is 0.311 e. The highest BCUT2D eigenvalue weighted by molar-refractivity contribution is 6.01. The van der Waals surface area contributed by atoms with Gasteiger partial charge in [0.25, 0.3) is 0 Å². The Kier molecular flexibility index (Phi) is 7.54. The highest BCUT2D eigenvalue weighted by atomic mass is 16.5. The Balaban J connectivity index is 1.68. The van der Waals surface area contributed by atoms with Crippen molar-refractivity contribution in [3.8, 4) is 5.75 Å². The average Bonchev–Trinajstić information content (AvgIpc) is 3.44. The maximum absolute atomic E-state index is 12.8. The van der Waals surface area contributed by atoms with E-state index in [0.717, 1.165) is 78.5 Å². The largest absolute Gasteiger partial charge is 0.424 e. The summed E-state index contributed by atoms with van der Waals surface area (Å²) in [6, 6.07) is 16.7. The molecule has 192 valence electrons. The van der Waals surface area contributed by atoms with Crippen LogP contribution in [0, 0.1) is 6.92 Å². The number of fused-ring (bicyclic) bond motifs is 5. The van der Waals surface area contributed by atoms with E-state index < -0.39 is 0 Å². The summed E-state index contributed by atoms with van der Waals surface area (Å²) in [7, 11) is 0. The molecule has 0 saturated carbocycles. The number of imidazole rings is 1. The van der Waals surface area contributed by atoms with Gasteiger partial charge in [-0.3, -0.25) is 9.20 Å². The number of hydrogen-bond donors (Lipinski definition) is 0. The molecule has 5 aromatic rings. The molecule has 6 heteroatoms. The molecule has 0 bridgehead atoms. The highest BCUT2D eigenvalue weighted by Crippen LogP contribution is 2.34. The van der Waals surface area contributed by atoms with Crippen molar-refractivity contribution in [3.63, 3.8) is 0 Å². The van der Waals surface area contributed by atoms with Crippen molar-refractivity contribution in [2.24, 2.45) is 0 Å². The normalized spacial score (nSPS) is 11.6. The van der Waals surface area contributed by atoms with E-state index >= 15 is 0 Å². The number of aromatic nitrogens is 4. The third-order valence-corrected chi connectivity index (χ3v) is 6.98. The minimum atomic E-state index is -0.205. The van der Waals surface area contributed by atoms with E-state index in [9.17, 15) is 4.79 Å². The van der Waals surface area contributed by atoms with Crippen LogP contribution in [0.25, 0.3) is 27.7 Å². The summed E-state index contributed by atoms with van der Waals surface area (Å²) in [5, 5.41) is 0.798. The van der Waals surface area contributed by atoms with Crippen molar-refractivity contribution >= 4 is 33.7 Å². The van der Waals surface area contributed by atoms with Crippen molar-refractivity contribution in [2.75, 3.05) is 0 Å². The third-order valence-electron chi connectivity index (χ3n) is 6.98. The molecule has 0 aliphatic carbocycles. The summed E-state index contributed by atoms with van der Waals surface area (Å²) in [4.78, 5) is 23.0. The molecule has 0 radical (unpaired) electrons. The standard InChI is InChI=1S/C31H36N4O2/c1-4-6-8-14-27-33-30-29(31-32-24-12-10-11-13-25(24)35(27)31)26(37-28(36)15-9-7-5-2)21-34(30)20-23-18-16-22(3)17-19-23/h10-13,16-19,21H,4-9,14-15,20H2,1-3H3. The zero-order valence-electron chi connectivity index (χ0n) is 22.2. The Morgan fingerprint density at radius 1 is 0.892 bits per heavy atom. The van der Waals surface area contributed by atoms with Gasteiger partial charge in [0.15, 0.2) is 11.4 Å². The van der Waals surface area contributed by atoms with E-state index in [1.807, 2.05) is 24.4 Å². The van der Waals surface area contributed by atoms with Gasteiger partial charge in [0.2, 0.25) is 0 Å². The fourth-order valence-electron chi connectivity index (χ4n) is 4.96. The second-order valence-corrected chi connectivity index (χ2v) is 9.98. The van der Waals surface area contributed by atoms with Crippen LogP contribution in [0.15, 0.2) is 54.7 Å². The summed E-state index contributed by atoms with van der Waals surface area (Å²) in [6.45, 7) is 7.08. The van der Waals surface area contributed by atoms with Gasteiger partial charge in [-0.2, -0.15) is 0 Å². The molecule has 0 saturated heterocycles. The lowest BCUT2D eigenvalue weighted by atomic mass is 10.1. The fourth-order valence-corrected chi connectivity index (χ4v) is 4.96. The Bertz CT molecular complexity index is 1530. The quantitative estimate of drug-likeness (QED) is 0.141. The Morgan fingerprint density at radius 3 is 2.43 bits per heavy atom. The number of carbonyl (C=O) groups is 1. The molecule has 0 aliphatic heterocycles. The number of hydrogen-bond acceptors (Lipinski definition) is 4. The van der Waals surface area contributed by atoms with Crippen molar-refractivity contribution in [2.45, 2.75) is 78.7 Å². The molecular weight excluding hydrogens is 460 g/mol. The molecule has 0 N–H and O–H groups in total. The average molecular weight is 497 g/mol. The first-order valence-electron chi connectivity index (χ1n) is 13.6. The van der Waals surface area contributed by atoms with Gasteiger partial charge in [-0.05, 0) is 37.5 Å². The summed E-state index contributed by atoms with van der Waals surface area (Å²) in [5.74, 6) is 1.33. The summed E-state index contributed by atoms with van der Waals surface area (Å²) >= 11 is 0. The molecule has 5 rings (SSSR count). The van der Waals surface area contributed by atoms with E-state index in [4.69, 9.17) is 14.7 Å². The molecule has 0 spiro atoms. The van der Waals surface area contributed by atoms with E-state index in [0.29, 0.717) is 18.7 Å². The van der Waals surface area contributed by atoms with Crippen LogP contribution in [0.4, 0.5) is 0 Å². The molecular formula is C31H36N4O2. The Hall–Kier alpha value is -3.67. The number of aryl methyl sites for hydroxylation is 2. The second-order valence-electron chi connectivity index (χ2n) is 9.98. The zero-order valence-corrected chi connectivity index (χ0v) is 22.2. The summed E-state index contributed by atoms with van der Waals surface area (Å²) in [5.41, 5.74) is 5.96. The van der Waals surface area contributed by atoms with Gasteiger partial charge in [0.1, 0.15) is 16.9 Å². The number of rotatable bonds is 11. The topological polar surface area (TPSA) is 61.4 Å². The maximum atomic E-state index is 12.8. The van der Waals surface area contributed by atoms with Crippen molar-refractivity contribution in [1.82, 2.24) is 18.9 Å². The predicted molar refractivity (Wildman–Crippen MR) is 149 cm³/mol. The van der Waals surface area contributed by atoms with Crippen LogP contribution in [0.1, 0.15) is 75.7 Å².